The van der Waals surface area contributed by atoms with Gasteiger partial charge in [-0.05, 0) is 31.5 Å². The molecule has 2 rings (SSSR count). The van der Waals surface area contributed by atoms with Gasteiger partial charge in [0.2, 0.25) is 0 Å². The summed E-state index contributed by atoms with van der Waals surface area (Å²) in [6, 6.07) is 5.87. The first-order valence-electron chi connectivity index (χ1n) is 6.13. The van der Waals surface area contributed by atoms with E-state index in [4.69, 9.17) is 9.47 Å². The number of rotatable bonds is 5. The molecule has 0 atom stereocenters. The van der Waals surface area contributed by atoms with Crippen LogP contribution in [-0.4, -0.2) is 19.2 Å². The highest BCUT2D eigenvalue weighted by atomic mass is 79.9. The van der Waals surface area contributed by atoms with E-state index < -0.39 is 0 Å². The molecule has 1 aromatic carbocycles. The molecule has 0 amide bonds. The first kappa shape index (κ1) is 14.3. The van der Waals surface area contributed by atoms with Gasteiger partial charge in [-0.15, -0.1) is 11.3 Å². The lowest BCUT2D eigenvalue weighted by Gasteiger charge is -2.06. The molecule has 2 aromatic rings. The fourth-order valence-corrected chi connectivity index (χ4v) is 3.82. The predicted octanol–water partition coefficient (Wildman–Crippen LogP) is 4.37. The zero-order chi connectivity index (χ0) is 13.8. The molecule has 0 aliphatic rings. The quantitative estimate of drug-likeness (QED) is 0.597. The maximum absolute atomic E-state index is 12.0. The average Bonchev–Trinajstić information content (AvgIpc) is 2.79. The molecule has 0 bridgehead atoms. The van der Waals surface area contributed by atoms with E-state index in [1.54, 1.807) is 0 Å². The van der Waals surface area contributed by atoms with Gasteiger partial charge in [0.05, 0.1) is 13.2 Å². The number of hydrogen-bond acceptors (Lipinski definition) is 4. The minimum Gasteiger partial charge on any atom is -0.493 e. The normalized spacial score (nSPS) is 10.7. The van der Waals surface area contributed by atoms with E-state index in [1.807, 2.05) is 32.0 Å². The van der Waals surface area contributed by atoms with Crippen molar-refractivity contribution >= 4 is 43.3 Å². The van der Waals surface area contributed by atoms with E-state index in [0.29, 0.717) is 23.4 Å². The fraction of sp³-hybridized carbons (Fsp3) is 0.357. The standard InChI is InChI=1S/C14H15BrO3S/c1-3-17-10-6-5-7-11-12(10)9(8-15)13(19-11)14(16)18-4-2/h5-7H,3-4,8H2,1-2H3. The zero-order valence-electron chi connectivity index (χ0n) is 10.9. The van der Waals surface area contributed by atoms with Gasteiger partial charge in [-0.1, -0.05) is 22.0 Å². The second kappa shape index (κ2) is 6.39. The molecule has 0 saturated heterocycles. The summed E-state index contributed by atoms with van der Waals surface area (Å²) in [5.74, 6) is 0.557. The highest BCUT2D eigenvalue weighted by molar-refractivity contribution is 9.08. The van der Waals surface area contributed by atoms with Crippen LogP contribution in [0.3, 0.4) is 0 Å². The first-order valence-corrected chi connectivity index (χ1v) is 8.06. The number of thiophene rings is 1. The Bertz CT molecular complexity index is 592. The second-order valence-corrected chi connectivity index (χ2v) is 5.44. The minimum absolute atomic E-state index is 0.263. The Hall–Kier alpha value is -1.07. The van der Waals surface area contributed by atoms with E-state index in [2.05, 4.69) is 15.9 Å². The predicted molar refractivity (Wildman–Crippen MR) is 81.6 cm³/mol. The molecule has 0 aliphatic heterocycles. The maximum atomic E-state index is 12.0. The van der Waals surface area contributed by atoms with E-state index in [-0.39, 0.29) is 5.97 Å². The highest BCUT2D eigenvalue weighted by Gasteiger charge is 2.21. The lowest BCUT2D eigenvalue weighted by molar-refractivity contribution is 0.0531. The van der Waals surface area contributed by atoms with Gasteiger partial charge in [-0.2, -0.15) is 0 Å². The Morgan fingerprint density at radius 1 is 1.32 bits per heavy atom. The van der Waals surface area contributed by atoms with Crippen LogP contribution >= 0.6 is 27.3 Å². The largest absolute Gasteiger partial charge is 0.493 e. The van der Waals surface area contributed by atoms with Crippen molar-refractivity contribution in [2.45, 2.75) is 19.2 Å². The number of carbonyl (C=O) groups is 1. The van der Waals surface area contributed by atoms with Crippen LogP contribution in [0.15, 0.2) is 18.2 Å². The van der Waals surface area contributed by atoms with Crippen molar-refractivity contribution in [2.24, 2.45) is 0 Å². The molecule has 0 radical (unpaired) electrons. The molecule has 0 saturated carbocycles. The second-order valence-electron chi connectivity index (χ2n) is 3.83. The summed E-state index contributed by atoms with van der Waals surface area (Å²) in [5.41, 5.74) is 0.947. The molecule has 0 N–H and O–H groups in total. The Balaban J connectivity index is 2.61. The van der Waals surface area contributed by atoms with Crippen LogP contribution in [0.2, 0.25) is 0 Å². The van der Waals surface area contributed by atoms with Crippen molar-refractivity contribution < 1.29 is 14.3 Å². The third-order valence-corrected chi connectivity index (χ3v) is 4.41. The molecular formula is C14H15BrO3S. The highest BCUT2D eigenvalue weighted by Crippen LogP contribution is 2.39. The average molecular weight is 343 g/mol. The summed E-state index contributed by atoms with van der Waals surface area (Å²) in [6.45, 7) is 4.74. The van der Waals surface area contributed by atoms with Crippen molar-refractivity contribution in [2.75, 3.05) is 13.2 Å². The van der Waals surface area contributed by atoms with Crippen LogP contribution in [0.25, 0.3) is 10.1 Å². The van der Waals surface area contributed by atoms with Gasteiger partial charge >= 0.3 is 5.97 Å². The number of benzene rings is 1. The Kier molecular flexibility index (Phi) is 4.82. The molecule has 3 nitrogen and oxygen atoms in total. The first-order chi connectivity index (χ1) is 9.22. The van der Waals surface area contributed by atoms with E-state index in [9.17, 15) is 4.79 Å². The van der Waals surface area contributed by atoms with Crippen LogP contribution < -0.4 is 4.74 Å². The molecule has 5 heteroatoms. The summed E-state index contributed by atoms with van der Waals surface area (Å²) in [6.07, 6.45) is 0. The van der Waals surface area contributed by atoms with Crippen LogP contribution in [0.4, 0.5) is 0 Å². The number of esters is 1. The smallest absolute Gasteiger partial charge is 0.348 e. The number of fused-ring (bicyclic) bond motifs is 1. The number of hydrogen-bond donors (Lipinski definition) is 0. The van der Waals surface area contributed by atoms with Crippen LogP contribution in [0.1, 0.15) is 29.1 Å². The number of halogens is 1. The van der Waals surface area contributed by atoms with Gasteiger partial charge < -0.3 is 9.47 Å². The van der Waals surface area contributed by atoms with E-state index in [0.717, 1.165) is 21.4 Å². The van der Waals surface area contributed by atoms with Gasteiger partial charge in [0.25, 0.3) is 0 Å². The molecule has 19 heavy (non-hydrogen) atoms. The van der Waals surface area contributed by atoms with Gasteiger partial charge in [0.1, 0.15) is 10.6 Å². The number of carbonyl (C=O) groups excluding carboxylic acids is 1. The summed E-state index contributed by atoms with van der Waals surface area (Å²) < 4.78 is 11.8. The summed E-state index contributed by atoms with van der Waals surface area (Å²) in [4.78, 5) is 12.6. The van der Waals surface area contributed by atoms with Gasteiger partial charge in [0.15, 0.2) is 0 Å². The maximum Gasteiger partial charge on any atom is 0.348 e. The molecule has 0 spiro atoms. The Morgan fingerprint density at radius 3 is 2.74 bits per heavy atom. The monoisotopic (exact) mass is 342 g/mol. The van der Waals surface area contributed by atoms with Crippen LogP contribution in [0.5, 0.6) is 5.75 Å². The third kappa shape index (κ3) is 2.77. The molecule has 0 unspecified atom stereocenters. The van der Waals surface area contributed by atoms with Gasteiger partial charge in [0, 0.05) is 15.4 Å². The molecule has 1 aromatic heterocycles. The third-order valence-electron chi connectivity index (χ3n) is 2.67. The molecule has 0 fully saturated rings. The van der Waals surface area contributed by atoms with Crippen molar-refractivity contribution in [3.05, 3.63) is 28.6 Å². The Morgan fingerprint density at radius 2 is 2.11 bits per heavy atom. The minimum atomic E-state index is -0.263. The Labute approximate surface area is 124 Å². The van der Waals surface area contributed by atoms with Crippen molar-refractivity contribution in [1.29, 1.82) is 0 Å². The van der Waals surface area contributed by atoms with Gasteiger partial charge in [-0.3, -0.25) is 0 Å². The molecule has 102 valence electrons. The van der Waals surface area contributed by atoms with Crippen molar-refractivity contribution in [3.8, 4) is 5.75 Å². The topological polar surface area (TPSA) is 35.5 Å². The van der Waals surface area contributed by atoms with Crippen LogP contribution in [0, 0.1) is 0 Å². The van der Waals surface area contributed by atoms with Crippen molar-refractivity contribution in [3.63, 3.8) is 0 Å². The van der Waals surface area contributed by atoms with E-state index in [1.165, 1.54) is 11.3 Å². The van der Waals surface area contributed by atoms with Crippen LogP contribution in [-0.2, 0) is 10.1 Å². The van der Waals surface area contributed by atoms with Gasteiger partial charge in [-0.25, -0.2) is 4.79 Å². The number of ether oxygens (including phenoxy) is 2. The molecule has 0 aliphatic carbocycles. The fourth-order valence-electron chi connectivity index (χ4n) is 1.94. The van der Waals surface area contributed by atoms with Crippen molar-refractivity contribution in [1.82, 2.24) is 0 Å². The molecule has 1 heterocycles. The lowest BCUT2D eigenvalue weighted by Crippen LogP contribution is -2.04. The summed E-state index contributed by atoms with van der Waals surface area (Å²) in [5, 5.41) is 1.61. The lowest BCUT2D eigenvalue weighted by atomic mass is 10.1. The van der Waals surface area contributed by atoms with E-state index >= 15 is 0 Å². The zero-order valence-corrected chi connectivity index (χ0v) is 13.3. The summed E-state index contributed by atoms with van der Waals surface area (Å²) >= 11 is 4.91. The molecular weight excluding hydrogens is 328 g/mol. The summed E-state index contributed by atoms with van der Waals surface area (Å²) in [7, 11) is 0. The number of alkyl halides is 1. The SMILES string of the molecule is CCOC(=O)c1sc2cccc(OCC)c2c1CBr.